The van der Waals surface area contributed by atoms with Gasteiger partial charge in [-0.15, -0.1) is 0 Å². The molecule has 2 unspecified atom stereocenters. The molecule has 2 fully saturated rings. The lowest BCUT2D eigenvalue weighted by molar-refractivity contribution is -0.128. The smallest absolute Gasteiger partial charge is 0.225 e. The number of carbonyl (C=O) groups is 2. The van der Waals surface area contributed by atoms with E-state index in [-0.39, 0.29) is 41.6 Å². The van der Waals surface area contributed by atoms with Crippen LogP contribution in [0.1, 0.15) is 12.8 Å². The molecular formula is C11H18N2O4S. The van der Waals surface area contributed by atoms with Gasteiger partial charge in [-0.25, -0.2) is 8.42 Å². The fourth-order valence-corrected chi connectivity index (χ4v) is 4.32. The molecule has 6 nitrogen and oxygen atoms in total. The van der Waals surface area contributed by atoms with Crippen LogP contribution in [-0.2, 0) is 19.4 Å². The summed E-state index contributed by atoms with van der Waals surface area (Å²) < 4.78 is 22.5. The van der Waals surface area contributed by atoms with Crippen molar-refractivity contribution in [1.29, 1.82) is 0 Å². The zero-order valence-electron chi connectivity index (χ0n) is 10.4. The van der Waals surface area contributed by atoms with Gasteiger partial charge in [0, 0.05) is 26.6 Å². The Morgan fingerprint density at radius 2 is 2.22 bits per heavy atom. The standard InChI is InChI=1S/C11H18N2O4S/c1-13-6-9(4-10(13)14)11(15)12-5-8-2-3-18(16,17)7-8/h8-9H,2-7H2,1H3,(H,12,15). The molecule has 2 rings (SSSR count). The molecule has 2 amide bonds. The number of nitrogens with one attached hydrogen (secondary N) is 1. The van der Waals surface area contributed by atoms with E-state index in [2.05, 4.69) is 5.32 Å². The normalized spacial score (nSPS) is 30.7. The fraction of sp³-hybridized carbons (Fsp3) is 0.818. The molecule has 2 saturated heterocycles. The highest BCUT2D eigenvalue weighted by molar-refractivity contribution is 7.91. The van der Waals surface area contributed by atoms with E-state index in [1.54, 1.807) is 11.9 Å². The summed E-state index contributed by atoms with van der Waals surface area (Å²) >= 11 is 0. The zero-order chi connectivity index (χ0) is 13.3. The molecule has 2 aliphatic heterocycles. The number of hydrogen-bond acceptors (Lipinski definition) is 4. The lowest BCUT2D eigenvalue weighted by Gasteiger charge is -2.13. The molecule has 0 aromatic rings. The molecule has 7 heteroatoms. The summed E-state index contributed by atoms with van der Waals surface area (Å²) in [6.45, 7) is 0.847. The van der Waals surface area contributed by atoms with Crippen LogP contribution in [0.3, 0.4) is 0 Å². The maximum Gasteiger partial charge on any atom is 0.225 e. The van der Waals surface area contributed by atoms with E-state index in [9.17, 15) is 18.0 Å². The summed E-state index contributed by atoms with van der Waals surface area (Å²) in [5.41, 5.74) is 0. The van der Waals surface area contributed by atoms with Crippen LogP contribution in [0.2, 0.25) is 0 Å². The van der Waals surface area contributed by atoms with Crippen LogP contribution >= 0.6 is 0 Å². The quantitative estimate of drug-likeness (QED) is 0.716. The van der Waals surface area contributed by atoms with Crippen LogP contribution in [0, 0.1) is 11.8 Å². The summed E-state index contributed by atoms with van der Waals surface area (Å²) in [7, 11) is -1.21. The number of likely N-dealkylation sites (tertiary alicyclic amines) is 1. The van der Waals surface area contributed by atoms with Gasteiger partial charge < -0.3 is 10.2 Å². The molecule has 2 aliphatic rings. The number of hydrogen-bond donors (Lipinski definition) is 1. The second-order valence-electron chi connectivity index (χ2n) is 5.19. The van der Waals surface area contributed by atoms with E-state index in [0.29, 0.717) is 19.5 Å². The molecule has 2 atom stereocenters. The van der Waals surface area contributed by atoms with Gasteiger partial charge in [-0.3, -0.25) is 9.59 Å². The number of sulfone groups is 1. The van der Waals surface area contributed by atoms with Gasteiger partial charge in [-0.1, -0.05) is 0 Å². The summed E-state index contributed by atoms with van der Waals surface area (Å²) in [4.78, 5) is 24.7. The molecule has 0 aliphatic carbocycles. The highest BCUT2D eigenvalue weighted by Crippen LogP contribution is 2.19. The first-order valence-corrected chi connectivity index (χ1v) is 7.91. The molecule has 0 aromatic heterocycles. The second-order valence-corrected chi connectivity index (χ2v) is 7.42. The minimum Gasteiger partial charge on any atom is -0.355 e. The van der Waals surface area contributed by atoms with Crippen molar-refractivity contribution in [3.8, 4) is 0 Å². The first kappa shape index (κ1) is 13.3. The van der Waals surface area contributed by atoms with Crippen LogP contribution in [-0.4, -0.2) is 56.8 Å². The SMILES string of the molecule is CN1CC(C(=O)NCC2CCS(=O)(=O)C2)CC1=O. The fourth-order valence-electron chi connectivity index (χ4n) is 2.46. The van der Waals surface area contributed by atoms with E-state index < -0.39 is 9.84 Å². The third kappa shape index (κ3) is 3.01. The van der Waals surface area contributed by atoms with Gasteiger partial charge >= 0.3 is 0 Å². The third-order valence-corrected chi connectivity index (χ3v) is 5.44. The van der Waals surface area contributed by atoms with E-state index >= 15 is 0 Å². The molecule has 18 heavy (non-hydrogen) atoms. The molecule has 0 bridgehead atoms. The van der Waals surface area contributed by atoms with Crippen molar-refractivity contribution >= 4 is 21.7 Å². The maximum atomic E-state index is 11.8. The third-order valence-electron chi connectivity index (χ3n) is 3.60. The molecule has 1 N–H and O–H groups in total. The van der Waals surface area contributed by atoms with Gasteiger partial charge in [0.2, 0.25) is 11.8 Å². The highest BCUT2D eigenvalue weighted by Gasteiger charge is 2.33. The Hall–Kier alpha value is -1.11. The zero-order valence-corrected chi connectivity index (χ0v) is 11.2. The van der Waals surface area contributed by atoms with Crippen molar-refractivity contribution in [2.75, 3.05) is 31.6 Å². The molecule has 2 heterocycles. The highest BCUT2D eigenvalue weighted by atomic mass is 32.2. The summed E-state index contributed by atoms with van der Waals surface area (Å²) in [5.74, 6) is -0.0421. The Kier molecular flexibility index (Phi) is 3.61. The Bertz CT molecular complexity index is 460. The van der Waals surface area contributed by atoms with E-state index in [1.165, 1.54) is 0 Å². The summed E-state index contributed by atoms with van der Waals surface area (Å²) in [6, 6.07) is 0. The van der Waals surface area contributed by atoms with Crippen molar-refractivity contribution < 1.29 is 18.0 Å². The Labute approximate surface area is 107 Å². The number of carbonyl (C=O) groups excluding carboxylic acids is 2. The van der Waals surface area contributed by atoms with Crippen LogP contribution in [0.4, 0.5) is 0 Å². The predicted octanol–water partition coefficient (Wildman–Crippen LogP) is -0.984. The Morgan fingerprint density at radius 3 is 2.72 bits per heavy atom. The molecular weight excluding hydrogens is 256 g/mol. The van der Waals surface area contributed by atoms with E-state index in [4.69, 9.17) is 0 Å². The van der Waals surface area contributed by atoms with Crippen LogP contribution in [0.25, 0.3) is 0 Å². The van der Waals surface area contributed by atoms with Gasteiger partial charge in [0.05, 0.1) is 17.4 Å². The molecule has 0 saturated carbocycles. The average Bonchev–Trinajstić information content (AvgIpc) is 2.80. The lowest BCUT2D eigenvalue weighted by Crippen LogP contribution is -2.35. The van der Waals surface area contributed by atoms with Crippen LogP contribution < -0.4 is 5.32 Å². The number of amides is 2. The molecule has 102 valence electrons. The summed E-state index contributed by atoms with van der Waals surface area (Å²) in [5, 5.41) is 2.76. The van der Waals surface area contributed by atoms with Gasteiger partial charge in [-0.2, -0.15) is 0 Å². The first-order chi connectivity index (χ1) is 8.37. The van der Waals surface area contributed by atoms with Crippen molar-refractivity contribution in [3.63, 3.8) is 0 Å². The van der Waals surface area contributed by atoms with Crippen molar-refractivity contribution in [3.05, 3.63) is 0 Å². The van der Waals surface area contributed by atoms with Gasteiger partial charge in [-0.05, 0) is 12.3 Å². The van der Waals surface area contributed by atoms with Gasteiger partial charge in [0.15, 0.2) is 9.84 Å². The number of nitrogens with zero attached hydrogens (tertiary/aromatic N) is 1. The lowest BCUT2D eigenvalue weighted by atomic mass is 10.1. The number of rotatable bonds is 3. The van der Waals surface area contributed by atoms with Crippen molar-refractivity contribution in [2.45, 2.75) is 12.8 Å². The molecule has 0 radical (unpaired) electrons. The minimum atomic E-state index is -2.89. The van der Waals surface area contributed by atoms with Crippen molar-refractivity contribution in [1.82, 2.24) is 10.2 Å². The first-order valence-electron chi connectivity index (χ1n) is 6.09. The van der Waals surface area contributed by atoms with Gasteiger partial charge in [0.25, 0.3) is 0 Å². The monoisotopic (exact) mass is 274 g/mol. The minimum absolute atomic E-state index is 0.0152. The maximum absolute atomic E-state index is 11.8. The Balaban J connectivity index is 1.78. The molecule has 0 spiro atoms. The Morgan fingerprint density at radius 1 is 1.50 bits per heavy atom. The van der Waals surface area contributed by atoms with Crippen molar-refractivity contribution in [2.24, 2.45) is 11.8 Å². The second kappa shape index (κ2) is 4.87. The average molecular weight is 274 g/mol. The van der Waals surface area contributed by atoms with E-state index in [1.807, 2.05) is 0 Å². The topological polar surface area (TPSA) is 83.6 Å². The van der Waals surface area contributed by atoms with Crippen LogP contribution in [0.5, 0.6) is 0 Å². The predicted molar refractivity (Wildman–Crippen MR) is 65.5 cm³/mol. The largest absolute Gasteiger partial charge is 0.355 e. The van der Waals surface area contributed by atoms with E-state index in [0.717, 1.165) is 0 Å². The molecule has 0 aromatic carbocycles. The summed E-state index contributed by atoms with van der Waals surface area (Å²) in [6.07, 6.45) is 0.872. The van der Waals surface area contributed by atoms with Gasteiger partial charge in [0.1, 0.15) is 0 Å². The van der Waals surface area contributed by atoms with Crippen LogP contribution in [0.15, 0.2) is 0 Å².